The lowest BCUT2D eigenvalue weighted by Crippen LogP contribution is -2.36. The van der Waals surface area contributed by atoms with Gasteiger partial charge in [-0.15, -0.1) is 0 Å². The first-order valence-electron chi connectivity index (χ1n) is 8.84. The van der Waals surface area contributed by atoms with Gasteiger partial charge in [0, 0.05) is 23.6 Å². The molecule has 3 heterocycles. The molecule has 1 aromatic rings. The van der Waals surface area contributed by atoms with E-state index in [9.17, 15) is 4.79 Å². The van der Waals surface area contributed by atoms with Gasteiger partial charge in [0.05, 0.1) is 19.4 Å². The molecule has 0 spiro atoms. The van der Waals surface area contributed by atoms with Gasteiger partial charge >= 0.3 is 5.97 Å². The van der Waals surface area contributed by atoms with E-state index in [0.29, 0.717) is 18.2 Å². The number of methoxy groups -OCH3 is 1. The van der Waals surface area contributed by atoms with Gasteiger partial charge in [0.1, 0.15) is 11.4 Å². The zero-order valence-electron chi connectivity index (χ0n) is 15.4. The monoisotopic (exact) mass is 332 g/mol. The number of pyridine rings is 1. The van der Waals surface area contributed by atoms with Gasteiger partial charge in [0.25, 0.3) is 0 Å². The van der Waals surface area contributed by atoms with Crippen LogP contribution in [0.15, 0.2) is 6.07 Å². The number of piperidine rings is 1. The summed E-state index contributed by atoms with van der Waals surface area (Å²) < 4.78 is 10.9. The standard InChI is InChI=1S/C19H28N2O3/c1-12-7-6-8-21(10-12)13(2)14-9-15(18(22)23-5)20-17-16(14)24-11-19(17,3)4/h9,12-13H,6-8,10-11H2,1-5H3/t12-,13?/m0/s1. The molecule has 5 heteroatoms. The van der Waals surface area contributed by atoms with E-state index in [1.807, 2.05) is 6.07 Å². The predicted molar refractivity (Wildman–Crippen MR) is 92.5 cm³/mol. The second kappa shape index (κ2) is 6.36. The minimum atomic E-state index is -0.388. The van der Waals surface area contributed by atoms with Crippen LogP contribution in [0.25, 0.3) is 0 Å². The first kappa shape index (κ1) is 17.2. The smallest absolute Gasteiger partial charge is 0.356 e. The highest BCUT2D eigenvalue weighted by Gasteiger charge is 2.38. The van der Waals surface area contributed by atoms with E-state index >= 15 is 0 Å². The van der Waals surface area contributed by atoms with E-state index in [-0.39, 0.29) is 17.4 Å². The highest BCUT2D eigenvalue weighted by atomic mass is 16.5. The van der Waals surface area contributed by atoms with Crippen LogP contribution in [0.4, 0.5) is 0 Å². The van der Waals surface area contributed by atoms with Crippen LogP contribution in [0, 0.1) is 5.92 Å². The van der Waals surface area contributed by atoms with Gasteiger partial charge in [-0.1, -0.05) is 20.8 Å². The van der Waals surface area contributed by atoms with E-state index in [1.54, 1.807) is 0 Å². The van der Waals surface area contributed by atoms with Crippen molar-refractivity contribution < 1.29 is 14.3 Å². The molecule has 0 aliphatic carbocycles. The summed E-state index contributed by atoms with van der Waals surface area (Å²) >= 11 is 0. The van der Waals surface area contributed by atoms with Crippen molar-refractivity contribution in [2.75, 3.05) is 26.8 Å². The SMILES string of the molecule is COC(=O)c1cc(C(C)N2CCC[C@H](C)C2)c2c(n1)C(C)(C)CO2. The number of hydrogen-bond acceptors (Lipinski definition) is 5. The summed E-state index contributed by atoms with van der Waals surface area (Å²) in [7, 11) is 1.40. The van der Waals surface area contributed by atoms with Gasteiger partial charge in [0.2, 0.25) is 0 Å². The second-order valence-corrected chi connectivity index (χ2v) is 7.86. The van der Waals surface area contributed by atoms with Crippen LogP contribution >= 0.6 is 0 Å². The Morgan fingerprint density at radius 2 is 2.25 bits per heavy atom. The Morgan fingerprint density at radius 3 is 2.92 bits per heavy atom. The maximum absolute atomic E-state index is 12.1. The van der Waals surface area contributed by atoms with Crippen LogP contribution in [0.2, 0.25) is 0 Å². The van der Waals surface area contributed by atoms with Crippen molar-refractivity contribution in [2.45, 2.75) is 52.0 Å². The van der Waals surface area contributed by atoms with E-state index in [4.69, 9.17) is 9.47 Å². The van der Waals surface area contributed by atoms with Crippen LogP contribution in [-0.2, 0) is 10.2 Å². The minimum absolute atomic E-state index is 0.191. The highest BCUT2D eigenvalue weighted by molar-refractivity contribution is 5.87. The van der Waals surface area contributed by atoms with Crippen molar-refractivity contribution in [3.63, 3.8) is 0 Å². The topological polar surface area (TPSA) is 51.7 Å². The number of nitrogens with zero attached hydrogens (tertiary/aromatic N) is 2. The first-order valence-corrected chi connectivity index (χ1v) is 8.84. The third kappa shape index (κ3) is 3.02. The molecule has 24 heavy (non-hydrogen) atoms. The lowest BCUT2D eigenvalue weighted by Gasteiger charge is -2.36. The number of aromatic nitrogens is 1. The molecule has 0 saturated carbocycles. The summed E-state index contributed by atoms with van der Waals surface area (Å²) in [5, 5.41) is 0. The number of hydrogen-bond donors (Lipinski definition) is 0. The normalized spacial score (nSPS) is 24.1. The maximum Gasteiger partial charge on any atom is 0.356 e. The molecule has 1 unspecified atom stereocenters. The average Bonchev–Trinajstić information content (AvgIpc) is 2.88. The van der Waals surface area contributed by atoms with Crippen LogP contribution in [0.3, 0.4) is 0 Å². The van der Waals surface area contributed by atoms with Gasteiger partial charge in [0.15, 0.2) is 0 Å². The molecule has 0 bridgehead atoms. The summed E-state index contributed by atoms with van der Waals surface area (Å²) in [5.41, 5.74) is 2.11. The van der Waals surface area contributed by atoms with E-state index in [2.05, 4.69) is 37.6 Å². The quantitative estimate of drug-likeness (QED) is 0.795. The number of rotatable bonds is 3. The predicted octanol–water partition coefficient (Wildman–Crippen LogP) is 3.33. The largest absolute Gasteiger partial charge is 0.490 e. The minimum Gasteiger partial charge on any atom is -0.490 e. The second-order valence-electron chi connectivity index (χ2n) is 7.86. The van der Waals surface area contributed by atoms with Gasteiger partial charge in [-0.05, 0) is 38.3 Å². The van der Waals surface area contributed by atoms with Gasteiger partial charge < -0.3 is 9.47 Å². The van der Waals surface area contributed by atoms with Crippen LogP contribution in [0.5, 0.6) is 5.75 Å². The molecule has 2 aliphatic rings. The zero-order chi connectivity index (χ0) is 17.5. The molecule has 1 aromatic heterocycles. The summed E-state index contributed by atoms with van der Waals surface area (Å²) in [6.07, 6.45) is 2.50. The summed E-state index contributed by atoms with van der Waals surface area (Å²) in [6.45, 7) is 11.5. The van der Waals surface area contributed by atoms with Gasteiger partial charge in [-0.3, -0.25) is 4.90 Å². The van der Waals surface area contributed by atoms with Crippen molar-refractivity contribution in [3.05, 3.63) is 23.0 Å². The third-order valence-corrected chi connectivity index (χ3v) is 5.30. The van der Waals surface area contributed by atoms with Gasteiger partial charge in [-0.2, -0.15) is 0 Å². The Labute approximate surface area is 144 Å². The summed E-state index contributed by atoms with van der Waals surface area (Å²) in [5.74, 6) is 1.17. The van der Waals surface area contributed by atoms with Crippen LogP contribution < -0.4 is 4.74 Å². The molecule has 2 atom stereocenters. The summed E-state index contributed by atoms with van der Waals surface area (Å²) in [4.78, 5) is 19.1. The number of ether oxygens (including phenoxy) is 2. The Kier molecular flexibility index (Phi) is 4.56. The summed E-state index contributed by atoms with van der Waals surface area (Å²) in [6, 6.07) is 2.05. The van der Waals surface area contributed by atoms with Gasteiger partial charge in [-0.25, -0.2) is 9.78 Å². The van der Waals surface area contributed by atoms with Crippen molar-refractivity contribution >= 4 is 5.97 Å². The zero-order valence-corrected chi connectivity index (χ0v) is 15.4. The maximum atomic E-state index is 12.1. The fraction of sp³-hybridized carbons (Fsp3) is 0.684. The van der Waals surface area contributed by atoms with Crippen LogP contribution in [-0.4, -0.2) is 42.7 Å². The number of likely N-dealkylation sites (tertiary alicyclic amines) is 1. The Balaban J connectivity index is 2.03. The number of esters is 1. The van der Waals surface area contributed by atoms with Crippen molar-refractivity contribution in [3.8, 4) is 5.75 Å². The van der Waals surface area contributed by atoms with E-state index in [1.165, 1.54) is 20.0 Å². The van der Waals surface area contributed by atoms with E-state index < -0.39 is 0 Å². The number of fused-ring (bicyclic) bond motifs is 1. The molecule has 5 nitrogen and oxygen atoms in total. The number of carbonyl (C=O) groups excluding carboxylic acids is 1. The lowest BCUT2D eigenvalue weighted by atomic mass is 9.89. The highest BCUT2D eigenvalue weighted by Crippen LogP contribution is 2.43. The first-order chi connectivity index (χ1) is 11.3. The fourth-order valence-corrected chi connectivity index (χ4v) is 3.78. The lowest BCUT2D eigenvalue weighted by molar-refractivity contribution is 0.0593. The van der Waals surface area contributed by atoms with E-state index in [0.717, 1.165) is 30.1 Å². The molecular weight excluding hydrogens is 304 g/mol. The van der Waals surface area contributed by atoms with Crippen molar-refractivity contribution in [2.24, 2.45) is 5.92 Å². The Hall–Kier alpha value is -1.62. The molecular formula is C19H28N2O3. The molecule has 0 radical (unpaired) electrons. The Morgan fingerprint density at radius 1 is 1.50 bits per heavy atom. The van der Waals surface area contributed by atoms with Crippen molar-refractivity contribution in [1.82, 2.24) is 9.88 Å². The molecule has 132 valence electrons. The average molecular weight is 332 g/mol. The Bertz CT molecular complexity index is 642. The van der Waals surface area contributed by atoms with Crippen molar-refractivity contribution in [1.29, 1.82) is 0 Å². The molecule has 1 fully saturated rings. The molecule has 0 amide bonds. The molecule has 0 aromatic carbocycles. The molecule has 1 saturated heterocycles. The fourth-order valence-electron chi connectivity index (χ4n) is 3.78. The molecule has 3 rings (SSSR count). The number of carbonyl (C=O) groups is 1. The molecule has 2 aliphatic heterocycles. The molecule has 0 N–H and O–H groups in total. The third-order valence-electron chi connectivity index (χ3n) is 5.30. The van der Waals surface area contributed by atoms with Crippen LogP contribution in [0.1, 0.15) is 68.3 Å².